The summed E-state index contributed by atoms with van der Waals surface area (Å²) in [6, 6.07) is 16.0. The van der Waals surface area contributed by atoms with E-state index in [0.717, 1.165) is 22.1 Å². The van der Waals surface area contributed by atoms with Gasteiger partial charge in [0.15, 0.2) is 5.16 Å². The fraction of sp³-hybridized carbons (Fsp3) is 0.174. The van der Waals surface area contributed by atoms with Gasteiger partial charge in [-0.3, -0.25) is 14.0 Å². The smallest absolute Gasteiger partial charge is 0.234 e. The molecule has 152 valence electrons. The summed E-state index contributed by atoms with van der Waals surface area (Å²) in [4.78, 5) is 17.0. The van der Waals surface area contributed by atoms with Crippen molar-refractivity contribution in [3.63, 3.8) is 0 Å². The van der Waals surface area contributed by atoms with Gasteiger partial charge in [-0.05, 0) is 54.8 Å². The van der Waals surface area contributed by atoms with Crippen molar-refractivity contribution in [2.45, 2.75) is 25.5 Å². The number of hydrogen-bond donors (Lipinski definition) is 1. The number of carbonyl (C=O) groups excluding carboxylic acids is 1. The first kappa shape index (κ1) is 20.0. The van der Waals surface area contributed by atoms with Crippen LogP contribution in [-0.4, -0.2) is 31.0 Å². The number of anilines is 1. The van der Waals surface area contributed by atoms with Gasteiger partial charge in [0, 0.05) is 30.5 Å². The number of amides is 1. The molecule has 30 heavy (non-hydrogen) atoms. The molecule has 0 saturated carbocycles. The monoisotopic (exact) mass is 417 g/mol. The number of hydrogen-bond acceptors (Lipinski definition) is 4. The van der Waals surface area contributed by atoms with Crippen LogP contribution in [0.1, 0.15) is 16.7 Å². The highest BCUT2D eigenvalue weighted by molar-refractivity contribution is 7.99. The number of rotatable bonds is 7. The topological polar surface area (TPSA) is 64.7 Å². The molecule has 2 heterocycles. The molecule has 4 rings (SSSR count). The van der Waals surface area contributed by atoms with Gasteiger partial charge < -0.3 is 5.32 Å². The zero-order valence-corrected chi connectivity index (χ0v) is 17.8. The van der Waals surface area contributed by atoms with Crippen LogP contribution in [0.25, 0.3) is 5.69 Å². The molecule has 0 saturated heterocycles. The predicted molar refractivity (Wildman–Crippen MR) is 120 cm³/mol. The third-order valence-electron chi connectivity index (χ3n) is 4.68. The zero-order chi connectivity index (χ0) is 20.9. The summed E-state index contributed by atoms with van der Waals surface area (Å²) >= 11 is 1.42. The summed E-state index contributed by atoms with van der Waals surface area (Å²) in [6.07, 6.45) is 7.37. The maximum absolute atomic E-state index is 12.5. The van der Waals surface area contributed by atoms with Crippen LogP contribution in [0, 0.1) is 13.8 Å². The molecule has 0 bridgehead atoms. The Labute approximate surface area is 180 Å². The van der Waals surface area contributed by atoms with E-state index >= 15 is 0 Å². The molecular formula is C23H23N5OS. The summed E-state index contributed by atoms with van der Waals surface area (Å²) in [5, 5.41) is 8.00. The Balaban J connectivity index is 1.39. The Bertz CT molecular complexity index is 1150. The highest BCUT2D eigenvalue weighted by atomic mass is 32.2. The van der Waals surface area contributed by atoms with E-state index in [1.54, 1.807) is 12.4 Å². The minimum absolute atomic E-state index is 0.0632. The zero-order valence-electron chi connectivity index (χ0n) is 16.9. The lowest BCUT2D eigenvalue weighted by Crippen LogP contribution is -2.15. The van der Waals surface area contributed by atoms with E-state index in [0.29, 0.717) is 6.54 Å². The molecule has 0 aliphatic heterocycles. The summed E-state index contributed by atoms with van der Waals surface area (Å²) < 4.78 is 3.88. The van der Waals surface area contributed by atoms with Crippen molar-refractivity contribution in [1.29, 1.82) is 0 Å². The molecule has 0 unspecified atom stereocenters. The van der Waals surface area contributed by atoms with E-state index in [9.17, 15) is 4.79 Å². The van der Waals surface area contributed by atoms with Gasteiger partial charge in [-0.25, -0.2) is 4.98 Å². The third-order valence-corrected chi connectivity index (χ3v) is 5.64. The highest BCUT2D eigenvalue weighted by Crippen LogP contribution is 2.24. The second kappa shape index (κ2) is 9.00. The molecule has 0 aliphatic rings. The van der Waals surface area contributed by atoms with Crippen LogP contribution in [0.4, 0.5) is 5.69 Å². The number of nitrogens with zero attached hydrogens (tertiary/aromatic N) is 4. The van der Waals surface area contributed by atoms with Crippen molar-refractivity contribution in [1.82, 2.24) is 19.3 Å². The molecule has 1 N–H and O–H groups in total. The third kappa shape index (κ3) is 4.80. The van der Waals surface area contributed by atoms with Gasteiger partial charge in [0.2, 0.25) is 5.91 Å². The maximum Gasteiger partial charge on any atom is 0.234 e. The summed E-state index contributed by atoms with van der Waals surface area (Å²) in [5.41, 5.74) is 5.30. The fourth-order valence-corrected chi connectivity index (χ4v) is 3.98. The Hall–Kier alpha value is -3.32. The van der Waals surface area contributed by atoms with E-state index in [2.05, 4.69) is 47.4 Å². The highest BCUT2D eigenvalue weighted by Gasteiger charge is 2.11. The normalized spacial score (nSPS) is 10.9. The minimum atomic E-state index is -0.0632. The number of carbonyl (C=O) groups is 1. The van der Waals surface area contributed by atoms with E-state index in [4.69, 9.17) is 0 Å². The van der Waals surface area contributed by atoms with Gasteiger partial charge in [0.1, 0.15) is 0 Å². The van der Waals surface area contributed by atoms with Crippen LogP contribution in [0.2, 0.25) is 0 Å². The molecule has 2 aromatic carbocycles. The van der Waals surface area contributed by atoms with Gasteiger partial charge in [-0.2, -0.15) is 5.10 Å². The lowest BCUT2D eigenvalue weighted by molar-refractivity contribution is -0.113. The quantitative estimate of drug-likeness (QED) is 0.451. The van der Waals surface area contributed by atoms with Crippen LogP contribution in [0.15, 0.2) is 78.5 Å². The number of nitrogens with one attached hydrogen (secondary N) is 1. The van der Waals surface area contributed by atoms with Crippen molar-refractivity contribution in [2.75, 3.05) is 11.1 Å². The lowest BCUT2D eigenvalue weighted by Gasteiger charge is -2.12. The molecule has 7 heteroatoms. The van der Waals surface area contributed by atoms with E-state index < -0.39 is 0 Å². The molecular weight excluding hydrogens is 394 g/mol. The Kier molecular flexibility index (Phi) is 5.99. The molecule has 0 spiro atoms. The van der Waals surface area contributed by atoms with Crippen molar-refractivity contribution in [3.05, 3.63) is 90.0 Å². The summed E-state index contributed by atoms with van der Waals surface area (Å²) in [7, 11) is 0. The van der Waals surface area contributed by atoms with Gasteiger partial charge in [0.05, 0.1) is 18.0 Å². The van der Waals surface area contributed by atoms with Crippen molar-refractivity contribution < 1.29 is 4.79 Å². The van der Waals surface area contributed by atoms with Gasteiger partial charge in [-0.1, -0.05) is 36.0 Å². The molecule has 2 aromatic heterocycles. The second-order valence-electron chi connectivity index (χ2n) is 7.11. The van der Waals surface area contributed by atoms with Crippen LogP contribution in [0.5, 0.6) is 0 Å². The average molecular weight is 418 g/mol. The molecule has 6 nitrogen and oxygen atoms in total. The van der Waals surface area contributed by atoms with E-state index in [1.165, 1.54) is 22.9 Å². The fourth-order valence-electron chi connectivity index (χ4n) is 3.21. The van der Waals surface area contributed by atoms with Gasteiger partial charge in [0.25, 0.3) is 0 Å². The Morgan fingerprint density at radius 3 is 2.80 bits per heavy atom. The van der Waals surface area contributed by atoms with E-state index in [-0.39, 0.29) is 11.7 Å². The van der Waals surface area contributed by atoms with Gasteiger partial charge >= 0.3 is 0 Å². The molecule has 0 fully saturated rings. The number of aryl methyl sites for hydroxylation is 2. The SMILES string of the molecule is Cc1ccc(C)c(-n2ccnc2SCC(=O)Nc2cccc(Cn3cccn3)c2)c1. The molecule has 0 aliphatic carbocycles. The van der Waals surface area contributed by atoms with Crippen LogP contribution in [-0.2, 0) is 11.3 Å². The molecule has 4 aromatic rings. The average Bonchev–Trinajstić information content (AvgIpc) is 3.40. The largest absolute Gasteiger partial charge is 0.325 e. The molecule has 0 atom stereocenters. The van der Waals surface area contributed by atoms with Crippen LogP contribution in [0.3, 0.4) is 0 Å². The minimum Gasteiger partial charge on any atom is -0.325 e. The standard InChI is InChI=1S/C23H23N5OS/c1-17-7-8-18(2)21(13-17)28-12-10-24-23(28)30-16-22(29)26-20-6-3-5-19(14-20)15-27-11-4-9-25-27/h3-14H,15-16H2,1-2H3,(H,26,29). The maximum atomic E-state index is 12.5. The first-order valence-electron chi connectivity index (χ1n) is 9.68. The van der Waals surface area contributed by atoms with Gasteiger partial charge in [-0.15, -0.1) is 0 Å². The Morgan fingerprint density at radius 2 is 1.97 bits per heavy atom. The van der Waals surface area contributed by atoms with Crippen molar-refractivity contribution in [2.24, 2.45) is 0 Å². The first-order valence-corrected chi connectivity index (χ1v) is 10.7. The number of benzene rings is 2. The lowest BCUT2D eigenvalue weighted by atomic mass is 10.1. The molecule has 0 radical (unpaired) electrons. The van der Waals surface area contributed by atoms with Crippen molar-refractivity contribution >= 4 is 23.4 Å². The van der Waals surface area contributed by atoms with Crippen LogP contribution < -0.4 is 5.32 Å². The number of thioether (sulfide) groups is 1. The second-order valence-corrected chi connectivity index (χ2v) is 8.05. The first-order chi connectivity index (χ1) is 14.6. The van der Waals surface area contributed by atoms with Crippen molar-refractivity contribution in [3.8, 4) is 5.69 Å². The summed E-state index contributed by atoms with van der Waals surface area (Å²) in [6.45, 7) is 4.81. The number of imidazole rings is 1. The predicted octanol–water partition coefficient (Wildman–Crippen LogP) is 4.46. The van der Waals surface area contributed by atoms with E-state index in [1.807, 2.05) is 52.0 Å². The molecule has 1 amide bonds. The summed E-state index contributed by atoms with van der Waals surface area (Å²) in [5.74, 6) is 0.220. The number of aromatic nitrogens is 4. The Morgan fingerprint density at radius 1 is 1.07 bits per heavy atom. The van der Waals surface area contributed by atoms with Crippen LogP contribution >= 0.6 is 11.8 Å².